The molecule has 0 bridgehead atoms. The fourth-order valence-corrected chi connectivity index (χ4v) is 3.55. The number of amides is 1. The first kappa shape index (κ1) is 16.0. The maximum Gasteiger partial charge on any atom is 0.270 e. The van der Waals surface area contributed by atoms with Crippen molar-refractivity contribution in [3.8, 4) is 5.75 Å². The van der Waals surface area contributed by atoms with Crippen molar-refractivity contribution in [1.82, 2.24) is 0 Å². The van der Waals surface area contributed by atoms with Gasteiger partial charge in [-0.05, 0) is 42.0 Å². The zero-order valence-corrected chi connectivity index (χ0v) is 13.9. The molecule has 1 amide bonds. The van der Waals surface area contributed by atoms with E-state index in [9.17, 15) is 14.3 Å². The van der Waals surface area contributed by atoms with Gasteiger partial charge in [0.2, 0.25) is 0 Å². The van der Waals surface area contributed by atoms with Gasteiger partial charge < -0.3 is 5.11 Å². The SMILES string of the molecule is O=C1C(=Cc2cccc(O)c2)SC(=S)N1c1ccc(F)c(Cl)c1. The number of phenolic OH excluding ortho intramolecular Hbond substituents is 1. The van der Waals surface area contributed by atoms with Crippen LogP contribution in [0.5, 0.6) is 5.75 Å². The second-order valence-electron chi connectivity index (χ2n) is 4.71. The number of carbonyl (C=O) groups is 1. The van der Waals surface area contributed by atoms with Crippen molar-refractivity contribution in [2.24, 2.45) is 0 Å². The molecule has 0 aliphatic carbocycles. The molecule has 1 heterocycles. The first-order chi connectivity index (χ1) is 11.0. The van der Waals surface area contributed by atoms with Crippen LogP contribution in [0, 0.1) is 5.82 Å². The molecule has 116 valence electrons. The second-order valence-corrected chi connectivity index (χ2v) is 6.79. The number of thioether (sulfide) groups is 1. The molecule has 1 aliphatic rings. The Balaban J connectivity index is 1.95. The summed E-state index contributed by atoms with van der Waals surface area (Å²) in [6.07, 6.45) is 1.64. The van der Waals surface area contributed by atoms with Gasteiger partial charge in [0.05, 0.1) is 15.6 Å². The smallest absolute Gasteiger partial charge is 0.270 e. The van der Waals surface area contributed by atoms with Gasteiger partial charge >= 0.3 is 0 Å². The number of anilines is 1. The molecule has 1 saturated heterocycles. The third-order valence-electron chi connectivity index (χ3n) is 3.12. The molecule has 0 atom stereocenters. The summed E-state index contributed by atoms with van der Waals surface area (Å²) in [5.74, 6) is -0.762. The number of rotatable bonds is 2. The molecule has 3 nitrogen and oxygen atoms in total. The summed E-state index contributed by atoms with van der Waals surface area (Å²) in [4.78, 5) is 14.3. The van der Waals surface area contributed by atoms with Crippen LogP contribution < -0.4 is 4.90 Å². The summed E-state index contributed by atoms with van der Waals surface area (Å²) in [5, 5.41) is 9.41. The largest absolute Gasteiger partial charge is 0.508 e. The zero-order valence-electron chi connectivity index (χ0n) is 11.5. The highest BCUT2D eigenvalue weighted by atomic mass is 35.5. The number of aromatic hydroxyl groups is 1. The van der Waals surface area contributed by atoms with Crippen LogP contribution in [0.15, 0.2) is 47.4 Å². The Kier molecular flexibility index (Phi) is 4.39. The van der Waals surface area contributed by atoms with Crippen LogP contribution in [-0.2, 0) is 4.79 Å². The maximum absolute atomic E-state index is 13.3. The number of nitrogens with zero attached hydrogens (tertiary/aromatic N) is 1. The summed E-state index contributed by atoms with van der Waals surface area (Å²) in [5.41, 5.74) is 1.10. The Morgan fingerprint density at radius 2 is 2.04 bits per heavy atom. The number of benzene rings is 2. The first-order valence-corrected chi connectivity index (χ1v) is 8.08. The lowest BCUT2D eigenvalue weighted by molar-refractivity contribution is -0.113. The van der Waals surface area contributed by atoms with E-state index in [2.05, 4.69) is 0 Å². The zero-order chi connectivity index (χ0) is 16.6. The van der Waals surface area contributed by atoms with Crippen molar-refractivity contribution in [3.63, 3.8) is 0 Å². The Morgan fingerprint density at radius 1 is 1.26 bits per heavy atom. The van der Waals surface area contributed by atoms with E-state index in [1.807, 2.05) is 0 Å². The van der Waals surface area contributed by atoms with E-state index in [1.165, 1.54) is 23.1 Å². The minimum Gasteiger partial charge on any atom is -0.508 e. The van der Waals surface area contributed by atoms with E-state index in [1.54, 1.807) is 30.3 Å². The van der Waals surface area contributed by atoms with Gasteiger partial charge in [0.15, 0.2) is 4.32 Å². The van der Waals surface area contributed by atoms with Crippen LogP contribution in [0.4, 0.5) is 10.1 Å². The number of carbonyl (C=O) groups excluding carboxylic acids is 1. The molecule has 3 rings (SSSR count). The van der Waals surface area contributed by atoms with Crippen LogP contribution in [0.25, 0.3) is 6.08 Å². The number of hydrogen-bond donors (Lipinski definition) is 1. The Bertz CT molecular complexity index is 854. The lowest BCUT2D eigenvalue weighted by Gasteiger charge is -2.14. The van der Waals surface area contributed by atoms with Crippen LogP contribution in [-0.4, -0.2) is 15.3 Å². The normalized spacial score (nSPS) is 16.4. The average Bonchev–Trinajstić information content (AvgIpc) is 2.77. The predicted molar refractivity (Wildman–Crippen MR) is 95.2 cm³/mol. The molecule has 0 spiro atoms. The van der Waals surface area contributed by atoms with Gasteiger partial charge in [0, 0.05) is 0 Å². The van der Waals surface area contributed by atoms with Crippen LogP contribution in [0.2, 0.25) is 5.02 Å². The average molecular weight is 366 g/mol. The van der Waals surface area contributed by atoms with Gasteiger partial charge in [-0.2, -0.15) is 0 Å². The van der Waals surface area contributed by atoms with Gasteiger partial charge in [0.1, 0.15) is 11.6 Å². The molecule has 0 aromatic heterocycles. The van der Waals surface area contributed by atoms with Gasteiger partial charge in [-0.15, -0.1) is 0 Å². The van der Waals surface area contributed by atoms with Crippen molar-refractivity contribution < 1.29 is 14.3 Å². The first-order valence-electron chi connectivity index (χ1n) is 6.48. The molecule has 1 aliphatic heterocycles. The van der Waals surface area contributed by atoms with Crippen molar-refractivity contribution in [2.45, 2.75) is 0 Å². The summed E-state index contributed by atoms with van der Waals surface area (Å²) < 4.78 is 13.6. The third kappa shape index (κ3) is 3.24. The van der Waals surface area contributed by atoms with Gasteiger partial charge in [-0.3, -0.25) is 9.69 Å². The van der Waals surface area contributed by atoms with Crippen molar-refractivity contribution >= 4 is 57.6 Å². The molecule has 1 N–H and O–H groups in total. The Morgan fingerprint density at radius 3 is 2.74 bits per heavy atom. The van der Waals surface area contributed by atoms with Crippen molar-refractivity contribution in [2.75, 3.05) is 4.90 Å². The number of hydrogen-bond acceptors (Lipinski definition) is 4. The van der Waals surface area contributed by atoms with E-state index in [4.69, 9.17) is 23.8 Å². The van der Waals surface area contributed by atoms with Gasteiger partial charge in [0.25, 0.3) is 5.91 Å². The van der Waals surface area contributed by atoms with E-state index in [0.29, 0.717) is 20.5 Å². The molecular formula is C16H9ClFNO2S2. The monoisotopic (exact) mass is 365 g/mol. The predicted octanol–water partition coefficient (Wildman–Crippen LogP) is 4.59. The van der Waals surface area contributed by atoms with E-state index in [-0.39, 0.29) is 16.7 Å². The van der Waals surface area contributed by atoms with Crippen LogP contribution in [0.3, 0.4) is 0 Å². The summed E-state index contributed by atoms with van der Waals surface area (Å²) in [6.45, 7) is 0. The summed E-state index contributed by atoms with van der Waals surface area (Å²) in [7, 11) is 0. The molecule has 0 saturated carbocycles. The topological polar surface area (TPSA) is 40.5 Å². The maximum atomic E-state index is 13.3. The highest BCUT2D eigenvalue weighted by Crippen LogP contribution is 2.37. The lowest BCUT2D eigenvalue weighted by Crippen LogP contribution is -2.27. The molecule has 23 heavy (non-hydrogen) atoms. The number of thiocarbonyl (C=S) groups is 1. The molecule has 7 heteroatoms. The molecule has 2 aromatic rings. The lowest BCUT2D eigenvalue weighted by atomic mass is 10.2. The molecule has 2 aromatic carbocycles. The second kappa shape index (κ2) is 6.31. The fraction of sp³-hybridized carbons (Fsp3) is 0. The van der Waals surface area contributed by atoms with E-state index in [0.717, 1.165) is 11.8 Å². The fourth-order valence-electron chi connectivity index (χ4n) is 2.08. The minimum atomic E-state index is -0.559. The molecule has 0 unspecified atom stereocenters. The van der Waals surface area contributed by atoms with Crippen molar-refractivity contribution in [1.29, 1.82) is 0 Å². The van der Waals surface area contributed by atoms with Crippen LogP contribution >= 0.6 is 35.6 Å². The Hall–Kier alpha value is -1.89. The van der Waals surface area contributed by atoms with Gasteiger partial charge in [-0.1, -0.05) is 47.7 Å². The van der Waals surface area contributed by atoms with Crippen LogP contribution in [0.1, 0.15) is 5.56 Å². The highest BCUT2D eigenvalue weighted by Gasteiger charge is 2.33. The third-order valence-corrected chi connectivity index (χ3v) is 4.71. The quantitative estimate of drug-likeness (QED) is 0.624. The van der Waals surface area contributed by atoms with E-state index >= 15 is 0 Å². The highest BCUT2D eigenvalue weighted by molar-refractivity contribution is 8.27. The molecule has 0 radical (unpaired) electrons. The molecular weight excluding hydrogens is 357 g/mol. The summed E-state index contributed by atoms with van der Waals surface area (Å²) >= 11 is 12.1. The van der Waals surface area contributed by atoms with E-state index < -0.39 is 5.82 Å². The standard InChI is InChI=1S/C16H9ClFNO2S2/c17-12-8-10(4-5-13(12)18)19-15(21)14(23-16(19)22)7-9-2-1-3-11(20)6-9/h1-8,20H. The number of phenols is 1. The minimum absolute atomic E-state index is 0.0755. The number of halogens is 2. The Labute approximate surface area is 146 Å². The van der Waals surface area contributed by atoms with Crippen molar-refractivity contribution in [3.05, 3.63) is 63.8 Å². The molecule has 1 fully saturated rings. The summed E-state index contributed by atoms with van der Waals surface area (Å²) in [6, 6.07) is 10.5. The van der Waals surface area contributed by atoms with Gasteiger partial charge in [-0.25, -0.2) is 4.39 Å².